The average Bonchev–Trinajstić information content (AvgIpc) is 3.60. The van der Waals surface area contributed by atoms with Gasteiger partial charge in [0, 0.05) is 42.9 Å². The lowest BCUT2D eigenvalue weighted by molar-refractivity contribution is -0.139. The van der Waals surface area contributed by atoms with Gasteiger partial charge in [-0.15, -0.1) is 5.10 Å². The van der Waals surface area contributed by atoms with Crippen LogP contribution in [0.1, 0.15) is 30.2 Å². The molecule has 0 saturated carbocycles. The molecule has 3 heterocycles. The maximum absolute atomic E-state index is 14.0. The highest BCUT2D eigenvalue weighted by Crippen LogP contribution is 2.47. The maximum Gasteiger partial charge on any atom is 0.269 e. The number of carbonyl (C=O) groups excluding carboxylic acids is 2. The van der Waals surface area contributed by atoms with E-state index in [1.54, 1.807) is 46.0 Å². The van der Waals surface area contributed by atoms with Crippen molar-refractivity contribution in [1.29, 1.82) is 0 Å². The number of benzene rings is 3. The van der Waals surface area contributed by atoms with E-state index in [0.29, 0.717) is 53.5 Å². The molecule has 0 aliphatic carbocycles. The Bertz CT molecular complexity index is 1740. The molecule has 3 aromatic carbocycles. The second-order valence-corrected chi connectivity index (χ2v) is 11.1. The van der Waals surface area contributed by atoms with Crippen LogP contribution in [0.25, 0.3) is 0 Å². The highest BCUT2D eigenvalue weighted by atomic mass is 16.5. The molecule has 11 nitrogen and oxygen atoms in total. The number of amides is 2. The summed E-state index contributed by atoms with van der Waals surface area (Å²) in [5.74, 6) is 0.0518. The van der Waals surface area contributed by atoms with E-state index in [1.165, 1.54) is 0 Å². The van der Waals surface area contributed by atoms with E-state index < -0.39 is 17.4 Å². The number of methoxy groups -OCH3 is 1. The van der Waals surface area contributed by atoms with Crippen molar-refractivity contribution in [2.45, 2.75) is 38.5 Å². The van der Waals surface area contributed by atoms with Gasteiger partial charge in [-0.25, -0.2) is 0 Å². The molecular weight excluding hydrogens is 574 g/mol. The van der Waals surface area contributed by atoms with Crippen LogP contribution < -0.4 is 19.3 Å². The molecule has 2 aliphatic heterocycles. The van der Waals surface area contributed by atoms with Gasteiger partial charge in [0.15, 0.2) is 12.2 Å². The Kier molecular flexibility index (Phi) is 8.38. The summed E-state index contributed by atoms with van der Waals surface area (Å²) in [5.41, 5.74) is 2.24. The fraction of sp³-hybridized carbons (Fsp3) is 0.294. The maximum atomic E-state index is 14.0. The van der Waals surface area contributed by atoms with Gasteiger partial charge in [-0.2, -0.15) is 0 Å². The van der Waals surface area contributed by atoms with E-state index in [0.717, 1.165) is 11.3 Å². The monoisotopic (exact) mass is 609 g/mol. The van der Waals surface area contributed by atoms with Crippen molar-refractivity contribution >= 4 is 28.9 Å². The quantitative estimate of drug-likeness (QED) is 0.245. The largest absolute Gasteiger partial charge is 0.497 e. The number of nitrogens with zero attached hydrogens (tertiary/aromatic N) is 5. The first-order valence-corrected chi connectivity index (χ1v) is 14.9. The molecule has 45 heavy (non-hydrogen) atoms. The van der Waals surface area contributed by atoms with Crippen molar-refractivity contribution in [2.75, 3.05) is 30.1 Å². The minimum absolute atomic E-state index is 0.0157. The van der Waals surface area contributed by atoms with Gasteiger partial charge in [-0.1, -0.05) is 48.6 Å². The number of carbonyl (C=O) groups is 2. The summed E-state index contributed by atoms with van der Waals surface area (Å²) in [6, 6.07) is 20.2. The number of aliphatic hydroxyl groups excluding tert-OH is 1. The summed E-state index contributed by atoms with van der Waals surface area (Å²) in [4.78, 5) is 30.0. The third kappa shape index (κ3) is 5.67. The Morgan fingerprint density at radius 1 is 1.09 bits per heavy atom. The van der Waals surface area contributed by atoms with Crippen LogP contribution in [0.3, 0.4) is 0 Å². The lowest BCUT2D eigenvalue weighted by atomic mass is 9.83. The molecule has 1 aromatic heterocycles. The van der Waals surface area contributed by atoms with Gasteiger partial charge < -0.3 is 24.6 Å². The van der Waals surface area contributed by atoms with E-state index in [9.17, 15) is 14.7 Å². The van der Waals surface area contributed by atoms with Crippen LogP contribution in [0.2, 0.25) is 0 Å². The van der Waals surface area contributed by atoms with Gasteiger partial charge in [0.2, 0.25) is 0 Å². The molecule has 0 saturated heterocycles. The first kappa shape index (κ1) is 30.0. The molecule has 11 heteroatoms. The van der Waals surface area contributed by atoms with Gasteiger partial charge >= 0.3 is 0 Å². The normalized spacial score (nSPS) is 18.2. The minimum atomic E-state index is -1.80. The molecule has 0 radical (unpaired) electrons. The summed E-state index contributed by atoms with van der Waals surface area (Å²) in [6.07, 6.45) is 6.64. The highest BCUT2D eigenvalue weighted by molar-refractivity contribution is 6.07. The van der Waals surface area contributed by atoms with Gasteiger partial charge in [-0.3, -0.25) is 19.2 Å². The number of aryl methyl sites for hydroxylation is 1. The lowest BCUT2D eigenvalue weighted by Gasteiger charge is -2.29. The van der Waals surface area contributed by atoms with Crippen molar-refractivity contribution in [3.8, 4) is 11.5 Å². The molecule has 2 N–H and O–H groups in total. The zero-order valence-corrected chi connectivity index (χ0v) is 25.2. The second kappa shape index (κ2) is 12.5. The van der Waals surface area contributed by atoms with Crippen LogP contribution in [0.5, 0.6) is 11.5 Å². The zero-order valence-electron chi connectivity index (χ0n) is 25.2. The number of aromatic nitrogens is 3. The van der Waals surface area contributed by atoms with Crippen molar-refractivity contribution in [3.63, 3.8) is 0 Å². The van der Waals surface area contributed by atoms with Gasteiger partial charge in [0.05, 0.1) is 30.7 Å². The number of hydrogen-bond donors (Lipinski definition) is 2. The summed E-state index contributed by atoms with van der Waals surface area (Å²) < 4.78 is 12.7. The van der Waals surface area contributed by atoms with Gasteiger partial charge in [-0.05, 0) is 54.4 Å². The molecule has 6 rings (SSSR count). The lowest BCUT2D eigenvalue weighted by Crippen LogP contribution is -2.44. The number of hydrogen-bond acceptors (Lipinski definition) is 8. The molecule has 0 bridgehead atoms. The summed E-state index contributed by atoms with van der Waals surface area (Å²) in [7, 11) is 1.55. The molecule has 0 fully saturated rings. The number of para-hydroxylation sites is 2. The Balaban J connectivity index is 1.21. The smallest absolute Gasteiger partial charge is 0.269 e. The van der Waals surface area contributed by atoms with E-state index >= 15 is 0 Å². The van der Waals surface area contributed by atoms with Crippen molar-refractivity contribution in [3.05, 3.63) is 102 Å². The third-order valence-electron chi connectivity index (χ3n) is 8.28. The third-order valence-corrected chi connectivity index (χ3v) is 8.28. The fourth-order valence-corrected chi connectivity index (χ4v) is 5.85. The second-order valence-electron chi connectivity index (χ2n) is 11.1. The topological polar surface area (TPSA) is 130 Å². The van der Waals surface area contributed by atoms with Crippen LogP contribution in [0.4, 0.5) is 17.1 Å². The zero-order chi connectivity index (χ0) is 31.6. The predicted molar refractivity (Wildman–Crippen MR) is 167 cm³/mol. The van der Waals surface area contributed by atoms with Crippen LogP contribution in [-0.2, 0) is 34.7 Å². The summed E-state index contributed by atoms with van der Waals surface area (Å²) >= 11 is 0. The number of ether oxygens (including phenoxy) is 2. The van der Waals surface area contributed by atoms with E-state index in [1.807, 2.05) is 67.6 Å². The highest BCUT2D eigenvalue weighted by Gasteiger charge is 2.52. The average molecular weight is 610 g/mol. The number of allylic oxidation sites excluding steroid dienone is 1. The van der Waals surface area contributed by atoms with E-state index in [-0.39, 0.29) is 25.7 Å². The number of rotatable bonds is 11. The Labute approximate surface area is 260 Å². The van der Waals surface area contributed by atoms with Gasteiger partial charge in [0.1, 0.15) is 11.5 Å². The first-order chi connectivity index (χ1) is 21.8. The standard InChI is InChI=1S/C34H35N5O6/c1-23(7-5-6-17-37-21-25(16-18-40)35-36-37)34(43)28-19-27(44-2)14-15-29(28)38(33(34)42)20-24-10-12-26(13-11-24)39-30-8-3-4-9-31(30)45-22-32(39)41/h3-5,7-15,19,21,23,40,43H,6,16-18,20,22H2,1-2H3/b7-5+/t23-,34+/m0/s1. The van der Waals surface area contributed by atoms with Crippen LogP contribution in [0, 0.1) is 5.92 Å². The predicted octanol–water partition coefficient (Wildman–Crippen LogP) is 3.90. The summed E-state index contributed by atoms with van der Waals surface area (Å²) in [6.45, 7) is 2.59. The van der Waals surface area contributed by atoms with Gasteiger partial charge in [0.25, 0.3) is 11.8 Å². The number of anilines is 3. The summed E-state index contributed by atoms with van der Waals surface area (Å²) in [5, 5.41) is 29.3. The van der Waals surface area contributed by atoms with Crippen LogP contribution in [0.15, 0.2) is 85.1 Å². The number of fused-ring (bicyclic) bond motifs is 2. The van der Waals surface area contributed by atoms with E-state index in [2.05, 4.69) is 10.3 Å². The fourth-order valence-electron chi connectivity index (χ4n) is 5.85. The molecule has 0 spiro atoms. The molecule has 0 unspecified atom stereocenters. The minimum Gasteiger partial charge on any atom is -0.497 e. The number of aliphatic hydroxyl groups is 2. The van der Waals surface area contributed by atoms with E-state index in [4.69, 9.17) is 14.6 Å². The Morgan fingerprint density at radius 2 is 1.89 bits per heavy atom. The van der Waals surface area contributed by atoms with Crippen LogP contribution in [-0.4, -0.2) is 57.3 Å². The molecular formula is C34H35N5O6. The molecule has 4 aromatic rings. The molecule has 2 aliphatic rings. The first-order valence-electron chi connectivity index (χ1n) is 14.9. The Hall–Kier alpha value is -5.00. The molecule has 232 valence electrons. The van der Waals surface area contributed by atoms with Crippen LogP contribution >= 0.6 is 0 Å². The van der Waals surface area contributed by atoms with Crippen molar-refractivity contribution in [1.82, 2.24) is 15.0 Å². The Morgan fingerprint density at radius 3 is 2.67 bits per heavy atom. The molecule has 2 amide bonds. The molecule has 2 atom stereocenters. The SMILES string of the molecule is COc1ccc2c(c1)[C@](O)([C@@H](C)/C=C/CCn1cc(CCO)nn1)C(=O)N2Cc1ccc(N2C(=O)COc3ccccc32)cc1. The van der Waals surface area contributed by atoms with Crippen molar-refractivity contribution < 1.29 is 29.3 Å². The van der Waals surface area contributed by atoms with Crippen molar-refractivity contribution in [2.24, 2.45) is 5.92 Å².